The first kappa shape index (κ1) is 17.6. The molecule has 0 spiro atoms. The number of Topliss-reactive ketones (excluding diaryl/α,β-unsaturated/α-hetero) is 1. The van der Waals surface area contributed by atoms with E-state index >= 15 is 0 Å². The Morgan fingerprint density at radius 1 is 1.18 bits per heavy atom. The minimum absolute atomic E-state index is 0.0117. The van der Waals surface area contributed by atoms with Crippen LogP contribution in [0.1, 0.15) is 44.1 Å². The molecule has 0 unspecified atom stereocenters. The van der Waals surface area contributed by atoms with Gasteiger partial charge >= 0.3 is 0 Å². The number of nitrogens with zero attached hydrogens (tertiary/aromatic N) is 1. The number of benzene rings is 1. The standard InChI is InChI=1S/C16H19Cl3N2O/c1-10-8-12(17)9-13(18)14(10)20-21-16(19)15(22)11-6-4-2-3-5-7-11/h8-9,11,20H,2-7H2,1H3. The molecule has 0 aromatic heterocycles. The van der Waals surface area contributed by atoms with Crippen molar-refractivity contribution in [2.75, 3.05) is 5.43 Å². The van der Waals surface area contributed by atoms with Crippen molar-refractivity contribution in [3.63, 3.8) is 0 Å². The minimum Gasteiger partial charge on any atom is -0.291 e. The summed E-state index contributed by atoms with van der Waals surface area (Å²) in [6.45, 7) is 1.86. The van der Waals surface area contributed by atoms with E-state index in [-0.39, 0.29) is 16.9 Å². The van der Waals surface area contributed by atoms with Crippen molar-refractivity contribution >= 4 is 51.4 Å². The van der Waals surface area contributed by atoms with Crippen molar-refractivity contribution in [3.8, 4) is 0 Å². The molecule has 120 valence electrons. The average Bonchev–Trinajstić information content (AvgIpc) is 2.74. The maximum Gasteiger partial charge on any atom is 0.197 e. The summed E-state index contributed by atoms with van der Waals surface area (Å²) in [5, 5.41) is 4.99. The van der Waals surface area contributed by atoms with Crippen LogP contribution in [0.25, 0.3) is 0 Å². The highest BCUT2D eigenvalue weighted by Gasteiger charge is 2.23. The van der Waals surface area contributed by atoms with Gasteiger partial charge in [0.2, 0.25) is 0 Å². The molecule has 0 radical (unpaired) electrons. The Hall–Kier alpha value is -0.770. The molecule has 6 heteroatoms. The van der Waals surface area contributed by atoms with Gasteiger partial charge in [0.05, 0.1) is 10.7 Å². The number of rotatable bonds is 4. The van der Waals surface area contributed by atoms with E-state index in [0.29, 0.717) is 15.7 Å². The fourth-order valence-corrected chi connectivity index (χ4v) is 3.55. The quantitative estimate of drug-likeness (QED) is 0.418. The molecule has 0 aliphatic heterocycles. The molecular weight excluding hydrogens is 343 g/mol. The average molecular weight is 362 g/mol. The van der Waals surface area contributed by atoms with Gasteiger partial charge in [-0.2, -0.15) is 5.10 Å². The van der Waals surface area contributed by atoms with E-state index in [4.69, 9.17) is 34.8 Å². The predicted octanol–water partition coefficient (Wildman–Crippen LogP) is 5.81. The van der Waals surface area contributed by atoms with Crippen molar-refractivity contribution in [2.24, 2.45) is 11.0 Å². The smallest absolute Gasteiger partial charge is 0.197 e. The third-order valence-corrected chi connectivity index (χ3v) is 4.73. The first-order valence-electron chi connectivity index (χ1n) is 7.48. The molecule has 3 nitrogen and oxygen atoms in total. The summed E-state index contributed by atoms with van der Waals surface area (Å²) >= 11 is 18.1. The van der Waals surface area contributed by atoms with Crippen LogP contribution in [0, 0.1) is 12.8 Å². The van der Waals surface area contributed by atoms with E-state index in [9.17, 15) is 4.79 Å². The van der Waals surface area contributed by atoms with Crippen molar-refractivity contribution < 1.29 is 4.79 Å². The molecule has 0 amide bonds. The normalized spacial score (nSPS) is 17.2. The lowest BCUT2D eigenvalue weighted by Crippen LogP contribution is -2.20. The lowest BCUT2D eigenvalue weighted by atomic mass is 9.96. The number of anilines is 1. The molecule has 1 N–H and O–H groups in total. The number of nitrogens with one attached hydrogen (secondary N) is 1. The van der Waals surface area contributed by atoms with E-state index in [1.54, 1.807) is 12.1 Å². The highest BCUT2D eigenvalue weighted by molar-refractivity contribution is 6.83. The van der Waals surface area contributed by atoms with Crippen LogP contribution in [0.5, 0.6) is 0 Å². The first-order valence-corrected chi connectivity index (χ1v) is 8.61. The van der Waals surface area contributed by atoms with Gasteiger partial charge in [-0.3, -0.25) is 10.2 Å². The largest absolute Gasteiger partial charge is 0.291 e. The summed E-state index contributed by atoms with van der Waals surface area (Å²) in [4.78, 5) is 12.3. The van der Waals surface area contributed by atoms with Gasteiger partial charge in [-0.05, 0) is 37.5 Å². The molecule has 1 aliphatic rings. The highest BCUT2D eigenvalue weighted by atomic mass is 35.5. The van der Waals surface area contributed by atoms with Crippen molar-refractivity contribution in [3.05, 3.63) is 27.7 Å². The fraction of sp³-hybridized carbons (Fsp3) is 0.500. The maximum atomic E-state index is 12.3. The molecule has 1 saturated carbocycles. The number of halogens is 3. The van der Waals surface area contributed by atoms with E-state index in [1.807, 2.05) is 6.92 Å². The van der Waals surface area contributed by atoms with Crippen LogP contribution in [-0.4, -0.2) is 11.0 Å². The van der Waals surface area contributed by atoms with E-state index in [1.165, 1.54) is 12.8 Å². The summed E-state index contributed by atoms with van der Waals surface area (Å²) in [5.74, 6) is -0.0962. The van der Waals surface area contributed by atoms with Crippen LogP contribution in [-0.2, 0) is 4.79 Å². The van der Waals surface area contributed by atoms with Crippen LogP contribution < -0.4 is 5.43 Å². The Labute approximate surface area is 146 Å². The van der Waals surface area contributed by atoms with Gasteiger partial charge < -0.3 is 0 Å². The zero-order chi connectivity index (χ0) is 16.1. The summed E-state index contributed by atoms with van der Waals surface area (Å²) in [7, 11) is 0. The van der Waals surface area contributed by atoms with Crippen molar-refractivity contribution in [1.82, 2.24) is 0 Å². The van der Waals surface area contributed by atoms with E-state index < -0.39 is 0 Å². The molecule has 2 rings (SSSR count). The summed E-state index contributed by atoms with van der Waals surface area (Å²) in [5.41, 5.74) is 4.24. The second kappa shape index (κ2) is 8.19. The molecule has 22 heavy (non-hydrogen) atoms. The molecule has 0 atom stereocenters. The zero-order valence-corrected chi connectivity index (χ0v) is 14.7. The third-order valence-electron chi connectivity index (χ3n) is 3.95. The SMILES string of the molecule is Cc1cc(Cl)cc(Cl)c1NN=C(Cl)C(=O)C1CCCCCC1. The van der Waals surface area contributed by atoms with Crippen LogP contribution in [0.15, 0.2) is 17.2 Å². The number of hydrogen-bond donors (Lipinski definition) is 1. The Morgan fingerprint density at radius 3 is 2.41 bits per heavy atom. The Kier molecular flexibility index (Phi) is 6.54. The number of carbonyl (C=O) groups is 1. The Bertz CT molecular complexity index is 556. The number of ketones is 1. The molecule has 1 aromatic carbocycles. The second-order valence-electron chi connectivity index (χ2n) is 5.65. The number of hydrogen-bond acceptors (Lipinski definition) is 3. The lowest BCUT2D eigenvalue weighted by Gasteiger charge is -2.12. The second-order valence-corrected chi connectivity index (χ2v) is 6.85. The fourth-order valence-electron chi connectivity index (χ4n) is 2.71. The maximum absolute atomic E-state index is 12.3. The number of aryl methyl sites for hydroxylation is 1. The van der Waals surface area contributed by atoms with Gasteiger partial charge in [-0.1, -0.05) is 60.5 Å². The monoisotopic (exact) mass is 360 g/mol. The van der Waals surface area contributed by atoms with Gasteiger partial charge in [0.1, 0.15) is 0 Å². The van der Waals surface area contributed by atoms with Crippen LogP contribution in [0.2, 0.25) is 10.0 Å². The number of carbonyl (C=O) groups excluding carboxylic acids is 1. The summed E-state index contributed by atoms with van der Waals surface area (Å²) in [6, 6.07) is 3.39. The number of hydrazone groups is 1. The van der Waals surface area contributed by atoms with Gasteiger partial charge in [0, 0.05) is 10.9 Å². The Morgan fingerprint density at radius 2 is 1.82 bits per heavy atom. The van der Waals surface area contributed by atoms with Crippen LogP contribution in [0.4, 0.5) is 5.69 Å². The molecule has 0 saturated heterocycles. The van der Waals surface area contributed by atoms with E-state index in [2.05, 4.69) is 10.5 Å². The molecule has 0 bridgehead atoms. The van der Waals surface area contributed by atoms with Crippen LogP contribution in [0.3, 0.4) is 0 Å². The lowest BCUT2D eigenvalue weighted by molar-refractivity contribution is -0.116. The van der Waals surface area contributed by atoms with Gasteiger partial charge in [0.25, 0.3) is 0 Å². The topological polar surface area (TPSA) is 41.5 Å². The minimum atomic E-state index is -0.0844. The molecule has 0 heterocycles. The summed E-state index contributed by atoms with van der Waals surface area (Å²) < 4.78 is 0. The van der Waals surface area contributed by atoms with Gasteiger partial charge in [-0.15, -0.1) is 0 Å². The van der Waals surface area contributed by atoms with Gasteiger partial charge in [-0.25, -0.2) is 0 Å². The third kappa shape index (κ3) is 4.61. The van der Waals surface area contributed by atoms with E-state index in [0.717, 1.165) is 31.2 Å². The van der Waals surface area contributed by atoms with Crippen molar-refractivity contribution in [2.45, 2.75) is 45.4 Å². The molecular formula is C16H19Cl3N2O. The van der Waals surface area contributed by atoms with Crippen molar-refractivity contribution in [1.29, 1.82) is 0 Å². The van der Waals surface area contributed by atoms with Crippen LogP contribution >= 0.6 is 34.8 Å². The highest BCUT2D eigenvalue weighted by Crippen LogP contribution is 2.30. The predicted molar refractivity (Wildman–Crippen MR) is 94.3 cm³/mol. The Balaban J connectivity index is 2.07. The van der Waals surface area contributed by atoms with Gasteiger partial charge in [0.15, 0.2) is 11.0 Å². The molecule has 1 aromatic rings. The zero-order valence-electron chi connectivity index (χ0n) is 12.5. The summed E-state index contributed by atoms with van der Waals surface area (Å²) in [6.07, 6.45) is 6.33. The molecule has 1 fully saturated rings. The first-order chi connectivity index (χ1) is 10.5. The molecule has 1 aliphatic carbocycles.